The van der Waals surface area contributed by atoms with Gasteiger partial charge in [0.05, 0.1) is 4.90 Å². The van der Waals surface area contributed by atoms with Gasteiger partial charge in [-0.1, -0.05) is 41.5 Å². The summed E-state index contributed by atoms with van der Waals surface area (Å²) in [6.07, 6.45) is 1.09. The number of benzene rings is 3. The van der Waals surface area contributed by atoms with E-state index in [2.05, 4.69) is 15.5 Å². The van der Waals surface area contributed by atoms with Gasteiger partial charge in [-0.15, -0.1) is 5.10 Å². The molecule has 5 aromatic rings. The summed E-state index contributed by atoms with van der Waals surface area (Å²) in [4.78, 5) is 25.3. The van der Waals surface area contributed by atoms with Crippen molar-refractivity contribution < 1.29 is 22.0 Å². The number of carbonyl (C=O) groups is 1. The van der Waals surface area contributed by atoms with Crippen molar-refractivity contribution in [1.29, 1.82) is 0 Å². The number of nitrogens with zero attached hydrogens (tertiary/aromatic N) is 2. The molecule has 10 heteroatoms. The molecule has 2 aromatic heterocycles. The number of rotatable bonds is 4. The van der Waals surface area contributed by atoms with Crippen LogP contribution in [0.15, 0.2) is 85.3 Å². The molecule has 33 heavy (non-hydrogen) atoms. The fourth-order valence-electron chi connectivity index (χ4n) is 3.44. The van der Waals surface area contributed by atoms with Crippen LogP contribution < -0.4 is 10.9 Å². The minimum absolute atomic E-state index is 0.00680. The number of anilines is 1. The highest BCUT2D eigenvalue weighted by Gasteiger charge is 2.19. The topological polar surface area (TPSA) is 132 Å². The zero-order chi connectivity index (χ0) is 23.2. The van der Waals surface area contributed by atoms with Crippen molar-refractivity contribution >= 4 is 43.5 Å². The highest BCUT2D eigenvalue weighted by molar-refractivity contribution is 7.90. The average Bonchev–Trinajstić information content (AvgIpc) is 3.26. The van der Waals surface area contributed by atoms with E-state index in [1.165, 1.54) is 18.2 Å². The van der Waals surface area contributed by atoms with E-state index in [1.54, 1.807) is 18.2 Å². The fraction of sp³-hybridized carbons (Fsp3) is 0.0435. The van der Waals surface area contributed by atoms with Gasteiger partial charge in [-0.05, 0) is 41.1 Å². The van der Waals surface area contributed by atoms with Crippen LogP contribution in [0.5, 0.6) is 0 Å². The van der Waals surface area contributed by atoms with Gasteiger partial charge in [-0.3, -0.25) is 10.1 Å². The van der Waals surface area contributed by atoms with Crippen LogP contribution in [0.4, 0.5) is 6.01 Å². The Morgan fingerprint density at radius 1 is 0.909 bits per heavy atom. The van der Waals surface area contributed by atoms with Gasteiger partial charge < -0.3 is 8.83 Å². The van der Waals surface area contributed by atoms with Crippen LogP contribution in [0.1, 0.15) is 10.4 Å². The van der Waals surface area contributed by atoms with Crippen LogP contribution in [0.2, 0.25) is 0 Å². The SMILES string of the molecule is CS(=O)(=O)c1cccc(-c2nnc(NC(=O)c3cc4c(ccc5ccccc54)oc3=O)o2)c1. The molecular formula is C23H15N3O6S. The molecule has 164 valence electrons. The Morgan fingerprint density at radius 3 is 2.55 bits per heavy atom. The van der Waals surface area contributed by atoms with Crippen molar-refractivity contribution in [2.24, 2.45) is 0 Å². The van der Waals surface area contributed by atoms with Crippen molar-refractivity contribution in [3.8, 4) is 11.5 Å². The number of aromatic nitrogens is 2. The number of hydrogen-bond donors (Lipinski definition) is 1. The molecule has 0 aliphatic heterocycles. The largest absolute Gasteiger partial charge is 0.422 e. The fourth-order valence-corrected chi connectivity index (χ4v) is 4.11. The van der Waals surface area contributed by atoms with Crippen LogP contribution in [0, 0.1) is 0 Å². The van der Waals surface area contributed by atoms with Gasteiger partial charge in [0.15, 0.2) is 9.84 Å². The number of nitrogens with one attached hydrogen (secondary N) is 1. The smallest absolute Gasteiger partial charge is 0.349 e. The normalized spacial score (nSPS) is 11.7. The third-order valence-corrected chi connectivity index (χ3v) is 6.15. The summed E-state index contributed by atoms with van der Waals surface area (Å²) >= 11 is 0. The third kappa shape index (κ3) is 3.87. The van der Waals surface area contributed by atoms with Crippen LogP contribution in [0.3, 0.4) is 0 Å². The Morgan fingerprint density at radius 2 is 1.73 bits per heavy atom. The quantitative estimate of drug-likeness (QED) is 0.317. The zero-order valence-electron chi connectivity index (χ0n) is 17.1. The maximum Gasteiger partial charge on any atom is 0.349 e. The summed E-state index contributed by atoms with van der Waals surface area (Å²) in [5, 5.41) is 12.4. The van der Waals surface area contributed by atoms with Gasteiger partial charge in [-0.2, -0.15) is 0 Å². The average molecular weight is 461 g/mol. The molecule has 3 aromatic carbocycles. The Bertz CT molecular complexity index is 1720. The number of fused-ring (bicyclic) bond motifs is 3. The molecule has 0 fully saturated rings. The van der Waals surface area contributed by atoms with E-state index < -0.39 is 21.4 Å². The molecule has 1 amide bonds. The Hall–Kier alpha value is -4.31. The third-order valence-electron chi connectivity index (χ3n) is 5.04. The second-order valence-electron chi connectivity index (χ2n) is 7.31. The van der Waals surface area contributed by atoms with E-state index in [9.17, 15) is 18.0 Å². The molecule has 0 saturated heterocycles. The van der Waals surface area contributed by atoms with Crippen LogP contribution in [-0.4, -0.2) is 30.8 Å². The molecule has 0 spiro atoms. The lowest BCUT2D eigenvalue weighted by molar-refractivity contribution is 0.102. The number of carbonyl (C=O) groups excluding carboxylic acids is 1. The first-order valence-electron chi connectivity index (χ1n) is 9.70. The van der Waals surface area contributed by atoms with E-state index in [1.807, 2.05) is 30.3 Å². The highest BCUT2D eigenvalue weighted by Crippen LogP contribution is 2.26. The molecule has 0 bridgehead atoms. The summed E-state index contributed by atoms with van der Waals surface area (Å²) in [7, 11) is -3.42. The molecule has 0 aliphatic carbocycles. The predicted octanol–water partition coefficient (Wildman–Crippen LogP) is 3.65. The first-order chi connectivity index (χ1) is 15.8. The standard InChI is InChI=1S/C23H15N3O6S/c1-33(29,30)15-7-4-6-14(11-15)21-25-26-23(32-21)24-20(27)18-12-17-16-8-3-2-5-13(16)9-10-19(17)31-22(18)28/h2-12H,1H3,(H,24,26,27). The van der Waals surface area contributed by atoms with Crippen molar-refractivity contribution in [3.05, 3.63) is 82.7 Å². The lowest BCUT2D eigenvalue weighted by atomic mass is 10.0. The van der Waals surface area contributed by atoms with E-state index in [0.717, 1.165) is 17.0 Å². The van der Waals surface area contributed by atoms with E-state index in [4.69, 9.17) is 8.83 Å². The summed E-state index contributed by atoms with van der Waals surface area (Å²) in [5.41, 5.74) is -0.308. The number of amides is 1. The first-order valence-corrected chi connectivity index (χ1v) is 11.6. The molecule has 5 rings (SSSR count). The molecule has 0 unspecified atom stereocenters. The highest BCUT2D eigenvalue weighted by atomic mass is 32.2. The Labute approximate surface area is 186 Å². The van der Waals surface area contributed by atoms with Crippen molar-refractivity contribution in [3.63, 3.8) is 0 Å². The Kier molecular flexibility index (Phi) is 4.79. The lowest BCUT2D eigenvalue weighted by Crippen LogP contribution is -2.20. The van der Waals surface area contributed by atoms with E-state index in [0.29, 0.717) is 16.5 Å². The van der Waals surface area contributed by atoms with E-state index in [-0.39, 0.29) is 22.4 Å². The molecule has 0 aliphatic rings. The summed E-state index contributed by atoms with van der Waals surface area (Å²) in [5.74, 6) is -0.772. The summed E-state index contributed by atoms with van der Waals surface area (Å²) < 4.78 is 34.3. The van der Waals surface area contributed by atoms with Crippen molar-refractivity contribution in [1.82, 2.24) is 10.2 Å². The molecule has 1 N–H and O–H groups in total. The van der Waals surface area contributed by atoms with Crippen LogP contribution in [-0.2, 0) is 9.84 Å². The van der Waals surface area contributed by atoms with Crippen molar-refractivity contribution in [2.45, 2.75) is 4.90 Å². The summed E-state index contributed by atoms with van der Waals surface area (Å²) in [6, 6.07) is 18.2. The molecular weight excluding hydrogens is 446 g/mol. The predicted molar refractivity (Wildman–Crippen MR) is 121 cm³/mol. The van der Waals surface area contributed by atoms with E-state index >= 15 is 0 Å². The maximum atomic E-state index is 12.8. The van der Waals surface area contributed by atoms with Gasteiger partial charge in [0, 0.05) is 17.2 Å². The van der Waals surface area contributed by atoms with Gasteiger partial charge in [0.25, 0.3) is 5.91 Å². The molecule has 2 heterocycles. The molecule has 0 radical (unpaired) electrons. The molecule has 0 atom stereocenters. The van der Waals surface area contributed by atoms with Gasteiger partial charge >= 0.3 is 11.6 Å². The second kappa shape index (κ2) is 7.68. The zero-order valence-corrected chi connectivity index (χ0v) is 17.9. The maximum absolute atomic E-state index is 12.8. The Balaban J connectivity index is 1.47. The van der Waals surface area contributed by atoms with Crippen LogP contribution in [0.25, 0.3) is 33.2 Å². The number of sulfone groups is 1. The summed E-state index contributed by atoms with van der Waals surface area (Å²) in [6.45, 7) is 0. The van der Waals surface area contributed by atoms with Gasteiger partial charge in [-0.25, -0.2) is 13.2 Å². The van der Waals surface area contributed by atoms with Crippen molar-refractivity contribution in [2.75, 3.05) is 11.6 Å². The van der Waals surface area contributed by atoms with Crippen LogP contribution >= 0.6 is 0 Å². The molecule has 0 saturated carbocycles. The monoisotopic (exact) mass is 461 g/mol. The second-order valence-corrected chi connectivity index (χ2v) is 9.33. The first kappa shape index (κ1) is 20.6. The minimum atomic E-state index is -3.42. The minimum Gasteiger partial charge on any atom is -0.422 e. The molecule has 9 nitrogen and oxygen atoms in total. The lowest BCUT2D eigenvalue weighted by Gasteiger charge is -2.05. The number of hydrogen-bond acceptors (Lipinski definition) is 8. The van der Waals surface area contributed by atoms with Gasteiger partial charge in [0.2, 0.25) is 5.89 Å². The van der Waals surface area contributed by atoms with Gasteiger partial charge in [0.1, 0.15) is 11.1 Å².